The Hall–Kier alpha value is -2.07. The minimum absolute atomic E-state index is 0.0812. The third-order valence-electron chi connectivity index (χ3n) is 5.16. The van der Waals surface area contributed by atoms with Crippen molar-refractivity contribution < 1.29 is 4.55 Å². The highest BCUT2D eigenvalue weighted by atomic mass is 32.2. The Bertz CT molecular complexity index is 801. The van der Waals surface area contributed by atoms with Crippen molar-refractivity contribution in [2.45, 2.75) is 31.9 Å². The Balaban J connectivity index is 1.54. The van der Waals surface area contributed by atoms with Crippen molar-refractivity contribution in [3.63, 3.8) is 0 Å². The minimum Gasteiger partial charge on any atom is -0.616 e. The molecule has 0 heterocycles. The largest absolute Gasteiger partial charge is 0.616 e. The van der Waals surface area contributed by atoms with Crippen molar-refractivity contribution in [2.24, 2.45) is 0 Å². The molecule has 2 nitrogen and oxygen atoms in total. The lowest BCUT2D eigenvalue weighted by atomic mass is 10.0. The molecule has 0 saturated carbocycles. The quantitative estimate of drug-likeness (QED) is 0.364. The highest BCUT2D eigenvalue weighted by Crippen LogP contribution is 2.31. The lowest BCUT2D eigenvalue weighted by molar-refractivity contribution is 0.581. The van der Waals surface area contributed by atoms with Gasteiger partial charge in [-0.05, 0) is 50.0 Å². The summed E-state index contributed by atoms with van der Waals surface area (Å²) in [6, 6.07) is 27.5. The van der Waals surface area contributed by atoms with Crippen molar-refractivity contribution in [1.82, 2.24) is 5.32 Å². The summed E-state index contributed by atoms with van der Waals surface area (Å²) < 4.78 is 13.2. The van der Waals surface area contributed by atoms with Crippen molar-refractivity contribution in [3.05, 3.63) is 107 Å². The zero-order chi connectivity index (χ0) is 20.5. The molecule has 3 aromatic rings. The number of benzene rings is 3. The molecule has 0 bridgehead atoms. The van der Waals surface area contributed by atoms with E-state index in [-0.39, 0.29) is 5.25 Å². The lowest BCUT2D eigenvalue weighted by Gasteiger charge is -2.23. The van der Waals surface area contributed by atoms with Crippen LogP contribution in [0.1, 0.15) is 39.5 Å². The second-order valence-corrected chi connectivity index (χ2v) is 9.27. The van der Waals surface area contributed by atoms with Gasteiger partial charge in [-0.3, -0.25) is 0 Å². The van der Waals surface area contributed by atoms with Crippen LogP contribution >= 0.6 is 0 Å². The first-order chi connectivity index (χ1) is 14.1. The van der Waals surface area contributed by atoms with Crippen LogP contribution in [-0.4, -0.2) is 23.4 Å². The molecular weight excluding hydrogens is 374 g/mol. The molecule has 3 heteroatoms. The number of aryl methyl sites for hydroxylation is 3. The van der Waals surface area contributed by atoms with Crippen LogP contribution in [0.3, 0.4) is 0 Å². The van der Waals surface area contributed by atoms with Gasteiger partial charge in [0.2, 0.25) is 0 Å². The van der Waals surface area contributed by atoms with Crippen LogP contribution in [0.5, 0.6) is 0 Å². The zero-order valence-corrected chi connectivity index (χ0v) is 18.3. The smallest absolute Gasteiger partial charge is 0.165 e. The maximum absolute atomic E-state index is 13.2. The fourth-order valence-corrected chi connectivity index (χ4v) is 4.96. The maximum Gasteiger partial charge on any atom is 0.165 e. The van der Waals surface area contributed by atoms with Gasteiger partial charge in [0.15, 0.2) is 5.25 Å². The molecule has 3 rings (SSSR count). The molecule has 1 unspecified atom stereocenters. The number of hydrogen-bond acceptors (Lipinski definition) is 2. The summed E-state index contributed by atoms with van der Waals surface area (Å²) in [5.74, 6) is 0.651. The molecule has 0 fully saturated rings. The molecule has 3 aromatic carbocycles. The summed E-state index contributed by atoms with van der Waals surface area (Å²) >= 11 is -0.977. The first-order valence-electron chi connectivity index (χ1n) is 10.4. The molecule has 0 radical (unpaired) electrons. The van der Waals surface area contributed by atoms with E-state index in [1.165, 1.54) is 16.7 Å². The highest BCUT2D eigenvalue weighted by molar-refractivity contribution is 7.91. The Kier molecular flexibility index (Phi) is 8.36. The van der Waals surface area contributed by atoms with Gasteiger partial charge in [0.1, 0.15) is 5.75 Å². The first kappa shape index (κ1) is 21.6. The van der Waals surface area contributed by atoms with E-state index in [1.807, 2.05) is 0 Å². The van der Waals surface area contributed by atoms with E-state index in [1.54, 1.807) is 0 Å². The summed E-state index contributed by atoms with van der Waals surface area (Å²) in [5, 5.41) is 3.39. The van der Waals surface area contributed by atoms with Gasteiger partial charge in [-0.25, -0.2) is 0 Å². The predicted molar refractivity (Wildman–Crippen MR) is 125 cm³/mol. The van der Waals surface area contributed by atoms with Crippen molar-refractivity contribution in [3.8, 4) is 0 Å². The second-order valence-electron chi connectivity index (χ2n) is 7.63. The molecule has 0 aliphatic rings. The second kappa shape index (κ2) is 11.2. The van der Waals surface area contributed by atoms with Gasteiger partial charge >= 0.3 is 0 Å². The molecule has 0 saturated heterocycles. The molecule has 0 amide bonds. The summed E-state index contributed by atoms with van der Waals surface area (Å²) in [7, 11) is 0. The van der Waals surface area contributed by atoms with Crippen molar-refractivity contribution >= 4 is 11.2 Å². The van der Waals surface area contributed by atoms with E-state index in [2.05, 4.69) is 98.0 Å². The molecule has 0 aromatic heterocycles. The SMILES string of the molecule is Cc1ccc(C(c2ccc(C)cc2)[S+]([O-])CCNCCCc2ccccc2)cc1. The Labute approximate surface area is 178 Å². The molecule has 29 heavy (non-hydrogen) atoms. The first-order valence-corrected chi connectivity index (χ1v) is 11.8. The average Bonchev–Trinajstić information content (AvgIpc) is 2.74. The average molecular weight is 406 g/mol. The predicted octanol–water partition coefficient (Wildman–Crippen LogP) is 5.36. The van der Waals surface area contributed by atoms with Crippen LogP contribution in [0.2, 0.25) is 0 Å². The van der Waals surface area contributed by atoms with E-state index < -0.39 is 11.2 Å². The van der Waals surface area contributed by atoms with E-state index in [4.69, 9.17) is 0 Å². The van der Waals surface area contributed by atoms with Gasteiger partial charge in [-0.1, -0.05) is 90.0 Å². The maximum atomic E-state index is 13.2. The summed E-state index contributed by atoms with van der Waals surface area (Å²) in [4.78, 5) is 0. The third kappa shape index (κ3) is 6.74. The fourth-order valence-electron chi connectivity index (χ4n) is 3.46. The van der Waals surface area contributed by atoms with Crippen LogP contribution in [0.4, 0.5) is 0 Å². The summed E-state index contributed by atoms with van der Waals surface area (Å²) in [5.41, 5.74) is 6.07. The van der Waals surface area contributed by atoms with Gasteiger partial charge in [0.05, 0.1) is 0 Å². The normalized spacial score (nSPS) is 12.3. The zero-order valence-electron chi connectivity index (χ0n) is 17.4. The van der Waals surface area contributed by atoms with Crippen LogP contribution < -0.4 is 5.32 Å². The summed E-state index contributed by atoms with van der Waals surface area (Å²) in [6.45, 7) is 5.89. The minimum atomic E-state index is -0.977. The summed E-state index contributed by atoms with van der Waals surface area (Å²) in [6.07, 6.45) is 2.17. The van der Waals surface area contributed by atoms with Crippen molar-refractivity contribution in [1.29, 1.82) is 0 Å². The monoisotopic (exact) mass is 405 g/mol. The molecule has 1 atom stereocenters. The van der Waals surface area contributed by atoms with Crippen LogP contribution in [0.15, 0.2) is 78.9 Å². The number of rotatable bonds is 10. The molecule has 0 aliphatic heterocycles. The Morgan fingerprint density at radius 3 is 1.86 bits per heavy atom. The molecule has 0 spiro atoms. The van der Waals surface area contributed by atoms with Gasteiger partial charge in [0, 0.05) is 17.7 Å². The topological polar surface area (TPSA) is 35.1 Å². The molecule has 152 valence electrons. The van der Waals surface area contributed by atoms with Gasteiger partial charge in [-0.2, -0.15) is 0 Å². The van der Waals surface area contributed by atoms with Crippen molar-refractivity contribution in [2.75, 3.05) is 18.8 Å². The Morgan fingerprint density at radius 1 is 0.759 bits per heavy atom. The highest BCUT2D eigenvalue weighted by Gasteiger charge is 2.26. The van der Waals surface area contributed by atoms with E-state index in [0.29, 0.717) is 5.75 Å². The molecule has 0 aliphatic carbocycles. The Morgan fingerprint density at radius 2 is 1.31 bits per heavy atom. The number of hydrogen-bond donors (Lipinski definition) is 1. The fraction of sp³-hybridized carbons (Fsp3) is 0.308. The van der Waals surface area contributed by atoms with Gasteiger partial charge in [0.25, 0.3) is 0 Å². The third-order valence-corrected chi connectivity index (χ3v) is 6.84. The standard InChI is InChI=1S/C26H31NOS/c1-21-10-14-24(15-11-21)26(25-16-12-22(2)13-17-25)29(28)20-19-27-18-6-9-23-7-4-3-5-8-23/h3-5,7-8,10-17,26-27H,6,9,18-20H2,1-2H3. The van der Waals surface area contributed by atoms with Crippen LogP contribution in [0.25, 0.3) is 0 Å². The number of nitrogens with one attached hydrogen (secondary N) is 1. The molecular formula is C26H31NOS. The molecule has 1 N–H and O–H groups in total. The van der Waals surface area contributed by atoms with E-state index >= 15 is 0 Å². The van der Waals surface area contributed by atoms with E-state index in [0.717, 1.165) is 37.1 Å². The van der Waals surface area contributed by atoms with E-state index in [9.17, 15) is 4.55 Å². The lowest BCUT2D eigenvalue weighted by Crippen LogP contribution is -2.27. The van der Waals surface area contributed by atoms with Crippen LogP contribution in [-0.2, 0) is 17.6 Å². The van der Waals surface area contributed by atoms with Gasteiger partial charge in [-0.15, -0.1) is 0 Å². The van der Waals surface area contributed by atoms with Crippen LogP contribution in [0, 0.1) is 13.8 Å². The van der Waals surface area contributed by atoms with Gasteiger partial charge < -0.3 is 9.87 Å².